The Labute approximate surface area is 38.3 Å². The van der Waals surface area contributed by atoms with Crippen LogP contribution in [-0.4, -0.2) is 5.84 Å². The van der Waals surface area contributed by atoms with Crippen molar-refractivity contribution in [2.75, 3.05) is 0 Å². The molecular weight excluding hydrogens is 84.1 g/mol. The zero-order chi connectivity index (χ0) is 3.58. The zero-order valence-electron chi connectivity index (χ0n) is 3.08. The Morgan fingerprint density at radius 2 is 1.80 bits per heavy atom. The molecule has 0 saturated heterocycles. The van der Waals surface area contributed by atoms with Crippen LogP contribution in [0.4, 0.5) is 0 Å². The summed E-state index contributed by atoms with van der Waals surface area (Å²) in [7, 11) is 0. The quantitative estimate of drug-likeness (QED) is 0.322. The van der Waals surface area contributed by atoms with Gasteiger partial charge in [-0.3, -0.25) is 5.41 Å². The second-order valence-corrected chi connectivity index (χ2v) is 0.683. The van der Waals surface area contributed by atoms with E-state index in [1.807, 2.05) is 0 Å². The lowest BCUT2D eigenvalue weighted by Crippen LogP contribution is -2.00. The maximum atomic E-state index is 6.28. The van der Waals surface area contributed by atoms with Crippen molar-refractivity contribution in [2.24, 2.45) is 5.73 Å². The topological polar surface area (TPSA) is 49.9 Å². The normalized spacial score (nSPS) is 5.00. The van der Waals surface area contributed by atoms with E-state index < -0.39 is 0 Å². The molecule has 0 radical (unpaired) electrons. The molecule has 0 aromatic rings. The summed E-state index contributed by atoms with van der Waals surface area (Å²) in [5.41, 5.74) is 4.69. The molecule has 0 aromatic heterocycles. The number of hydrogen-bond acceptors (Lipinski definition) is 1. The largest absolute Gasteiger partial charge is 0.388 e. The Morgan fingerprint density at radius 1 is 1.80 bits per heavy atom. The van der Waals surface area contributed by atoms with E-state index in [9.17, 15) is 0 Å². The van der Waals surface area contributed by atoms with Crippen molar-refractivity contribution in [2.45, 2.75) is 6.92 Å². The Bertz CT molecular complexity index is 30.6. The first kappa shape index (κ1) is 8.84. The number of hydrogen-bond donors (Lipinski definition) is 2. The van der Waals surface area contributed by atoms with Gasteiger partial charge in [-0.05, 0) is 6.92 Å². The molecule has 0 heterocycles. The lowest BCUT2D eigenvalue weighted by Gasteiger charge is -1.66. The molecule has 0 aliphatic rings. The molecule has 0 spiro atoms. The van der Waals surface area contributed by atoms with Gasteiger partial charge >= 0.3 is 0 Å². The van der Waals surface area contributed by atoms with Gasteiger partial charge in [-0.2, -0.15) is 13.5 Å². The molecule has 3 heteroatoms. The Hall–Kier alpha value is -0.180. The third kappa shape index (κ3) is 391. The van der Waals surface area contributed by atoms with Crippen LogP contribution in [-0.2, 0) is 0 Å². The summed E-state index contributed by atoms with van der Waals surface area (Å²) in [5.74, 6) is 0.167. The molecule has 0 fully saturated rings. The van der Waals surface area contributed by atoms with E-state index in [0.717, 1.165) is 0 Å². The summed E-state index contributed by atoms with van der Waals surface area (Å²) in [4.78, 5) is 0. The van der Waals surface area contributed by atoms with E-state index in [4.69, 9.17) is 11.1 Å². The molecule has 0 rings (SSSR count). The summed E-state index contributed by atoms with van der Waals surface area (Å²) in [6, 6.07) is 0. The van der Waals surface area contributed by atoms with Crippen LogP contribution in [0.1, 0.15) is 6.92 Å². The summed E-state index contributed by atoms with van der Waals surface area (Å²) < 4.78 is 0. The zero-order valence-corrected chi connectivity index (χ0v) is 4.08. The second kappa shape index (κ2) is 3.82. The molecular formula is C2H8N2S. The van der Waals surface area contributed by atoms with Crippen LogP contribution < -0.4 is 5.73 Å². The Morgan fingerprint density at radius 3 is 1.80 bits per heavy atom. The highest BCUT2D eigenvalue weighted by atomic mass is 32.1. The van der Waals surface area contributed by atoms with Crippen LogP contribution in [0.25, 0.3) is 0 Å². The van der Waals surface area contributed by atoms with Gasteiger partial charge in [0.1, 0.15) is 0 Å². The van der Waals surface area contributed by atoms with Crippen molar-refractivity contribution in [3.63, 3.8) is 0 Å². The average molecular weight is 92.2 g/mol. The summed E-state index contributed by atoms with van der Waals surface area (Å²) in [6.07, 6.45) is 0. The fourth-order valence-electron chi connectivity index (χ4n) is 0. The van der Waals surface area contributed by atoms with Crippen LogP contribution in [0.2, 0.25) is 0 Å². The summed E-state index contributed by atoms with van der Waals surface area (Å²) in [6.45, 7) is 1.53. The molecule has 2 nitrogen and oxygen atoms in total. The van der Waals surface area contributed by atoms with Crippen LogP contribution in [0.5, 0.6) is 0 Å². The molecule has 0 bridgehead atoms. The van der Waals surface area contributed by atoms with Gasteiger partial charge < -0.3 is 5.73 Å². The highest BCUT2D eigenvalue weighted by Crippen LogP contribution is 1.36. The smallest absolute Gasteiger partial charge is 0.0873 e. The lowest BCUT2D eigenvalue weighted by molar-refractivity contribution is 1.42. The predicted molar refractivity (Wildman–Crippen MR) is 28.0 cm³/mol. The minimum Gasteiger partial charge on any atom is -0.388 e. The molecule has 0 atom stereocenters. The maximum Gasteiger partial charge on any atom is 0.0873 e. The van der Waals surface area contributed by atoms with Crippen molar-refractivity contribution in [1.82, 2.24) is 0 Å². The number of nitrogens with two attached hydrogens (primary N) is 1. The number of amidine groups is 1. The maximum absolute atomic E-state index is 6.28. The first-order chi connectivity index (χ1) is 1.73. The molecule has 5 heavy (non-hydrogen) atoms. The highest BCUT2D eigenvalue weighted by molar-refractivity contribution is 7.59. The lowest BCUT2D eigenvalue weighted by atomic mass is 10.8. The number of nitrogens with one attached hydrogen (secondary N) is 1. The molecule has 3 N–H and O–H groups in total. The average Bonchev–Trinajstić information content (AvgIpc) is 0.811. The van der Waals surface area contributed by atoms with Gasteiger partial charge in [0.2, 0.25) is 0 Å². The first-order valence-electron chi connectivity index (χ1n) is 1.04. The van der Waals surface area contributed by atoms with E-state index in [2.05, 4.69) is 0 Å². The summed E-state index contributed by atoms with van der Waals surface area (Å²) >= 11 is 0. The van der Waals surface area contributed by atoms with E-state index in [-0.39, 0.29) is 19.3 Å². The molecule has 0 aliphatic carbocycles. The van der Waals surface area contributed by atoms with Crippen molar-refractivity contribution in [3.05, 3.63) is 0 Å². The van der Waals surface area contributed by atoms with Crippen molar-refractivity contribution >= 4 is 19.3 Å². The molecule has 0 aromatic carbocycles. The minimum absolute atomic E-state index is 0. The standard InChI is InChI=1S/C2H6N2.H2S/c1-2(3)4;/h1H3,(H3,3,4);1H2. The first-order valence-corrected chi connectivity index (χ1v) is 1.04. The third-order valence-corrected chi connectivity index (χ3v) is 0. The van der Waals surface area contributed by atoms with Gasteiger partial charge in [-0.25, -0.2) is 0 Å². The SMILES string of the molecule is CC(=N)N.S. The van der Waals surface area contributed by atoms with Gasteiger partial charge in [0.05, 0.1) is 5.84 Å². The molecule has 0 unspecified atom stereocenters. The number of rotatable bonds is 0. The van der Waals surface area contributed by atoms with Crippen LogP contribution >= 0.6 is 13.5 Å². The van der Waals surface area contributed by atoms with Crippen LogP contribution in [0.3, 0.4) is 0 Å². The molecule has 0 saturated carbocycles. The monoisotopic (exact) mass is 92.0 g/mol. The van der Waals surface area contributed by atoms with Gasteiger partial charge in [0, 0.05) is 0 Å². The van der Waals surface area contributed by atoms with Crippen molar-refractivity contribution in [1.29, 1.82) is 5.41 Å². The molecule has 32 valence electrons. The van der Waals surface area contributed by atoms with Gasteiger partial charge in [0.15, 0.2) is 0 Å². The fraction of sp³-hybridized carbons (Fsp3) is 0.500. The van der Waals surface area contributed by atoms with E-state index >= 15 is 0 Å². The van der Waals surface area contributed by atoms with Crippen LogP contribution in [0.15, 0.2) is 0 Å². The van der Waals surface area contributed by atoms with Gasteiger partial charge in [-0.1, -0.05) is 0 Å². The van der Waals surface area contributed by atoms with Gasteiger partial charge in [0.25, 0.3) is 0 Å². The molecule has 0 amide bonds. The second-order valence-electron chi connectivity index (χ2n) is 0.683. The molecule has 0 aliphatic heterocycles. The Balaban J connectivity index is 0. The predicted octanol–water partition coefficient (Wildman–Crippen LogP) is 0.0551. The van der Waals surface area contributed by atoms with Crippen molar-refractivity contribution < 1.29 is 0 Å². The minimum atomic E-state index is 0. The van der Waals surface area contributed by atoms with Crippen molar-refractivity contribution in [3.8, 4) is 0 Å². The van der Waals surface area contributed by atoms with E-state index in [0.29, 0.717) is 0 Å². The van der Waals surface area contributed by atoms with Gasteiger partial charge in [-0.15, -0.1) is 0 Å². The fourth-order valence-corrected chi connectivity index (χ4v) is 0. The van der Waals surface area contributed by atoms with Crippen LogP contribution in [0, 0.1) is 5.41 Å². The highest BCUT2D eigenvalue weighted by Gasteiger charge is 1.53. The Kier molecular flexibility index (Phi) is 6.76. The van der Waals surface area contributed by atoms with E-state index in [1.54, 1.807) is 0 Å². The third-order valence-electron chi connectivity index (χ3n) is 0. The summed E-state index contributed by atoms with van der Waals surface area (Å²) in [5, 5.41) is 6.28. The van der Waals surface area contributed by atoms with E-state index in [1.165, 1.54) is 6.92 Å².